The molecule has 0 amide bonds. The molecule has 1 aliphatic carbocycles. The van der Waals surface area contributed by atoms with Gasteiger partial charge in [-0.1, -0.05) is 55.5 Å². The average Bonchev–Trinajstić information content (AvgIpc) is 3.07. The lowest BCUT2D eigenvalue weighted by Crippen LogP contribution is -2.57. The summed E-state index contributed by atoms with van der Waals surface area (Å²) in [5.41, 5.74) is 2.05. The highest BCUT2D eigenvalue weighted by Crippen LogP contribution is 2.54. The van der Waals surface area contributed by atoms with Crippen molar-refractivity contribution in [2.45, 2.75) is 37.9 Å². The van der Waals surface area contributed by atoms with Gasteiger partial charge in [0, 0.05) is 40.9 Å². The van der Waals surface area contributed by atoms with Crippen LogP contribution in [0.5, 0.6) is 0 Å². The van der Waals surface area contributed by atoms with Gasteiger partial charge in [-0.05, 0) is 31.1 Å². The molecule has 0 unspecified atom stereocenters. The molecule has 1 saturated heterocycles. The van der Waals surface area contributed by atoms with E-state index in [0.29, 0.717) is 5.69 Å². The number of hydrogen-bond acceptors (Lipinski definition) is 5. The largest absolute Gasteiger partial charge is 0.460 e. The molecule has 1 N–H and O–H groups in total. The molecule has 180 valence electrons. The van der Waals surface area contributed by atoms with Gasteiger partial charge < -0.3 is 9.84 Å². The first-order chi connectivity index (χ1) is 16.7. The Morgan fingerprint density at radius 2 is 1.80 bits per heavy atom. The maximum atomic E-state index is 14.8. The highest BCUT2D eigenvalue weighted by molar-refractivity contribution is 5.83. The van der Waals surface area contributed by atoms with Gasteiger partial charge in [0.15, 0.2) is 5.60 Å². The molecule has 1 aliphatic heterocycles. The Bertz CT molecular complexity index is 1260. The fourth-order valence-electron chi connectivity index (χ4n) is 5.43. The van der Waals surface area contributed by atoms with Gasteiger partial charge in [0.1, 0.15) is 6.10 Å². The van der Waals surface area contributed by atoms with Crippen LogP contribution < -0.4 is 0 Å². The van der Waals surface area contributed by atoms with E-state index in [9.17, 15) is 18.7 Å². The van der Waals surface area contributed by atoms with Gasteiger partial charge >= 0.3 is 5.97 Å². The minimum atomic E-state index is -3.20. The normalized spacial score (nSPS) is 29.7. The predicted molar refractivity (Wildman–Crippen MR) is 128 cm³/mol. The van der Waals surface area contributed by atoms with Crippen LogP contribution in [-0.2, 0) is 9.53 Å². The summed E-state index contributed by atoms with van der Waals surface area (Å²) in [4.78, 5) is 21.3. The fraction of sp³-hybridized carbons (Fsp3) is 0.321. The molecule has 2 aromatic heterocycles. The highest BCUT2D eigenvalue weighted by atomic mass is 19.3. The quantitative estimate of drug-likeness (QED) is 0.510. The molecule has 5 atom stereocenters. The second-order valence-electron chi connectivity index (χ2n) is 9.46. The van der Waals surface area contributed by atoms with E-state index in [0.717, 1.165) is 22.4 Å². The van der Waals surface area contributed by atoms with Crippen molar-refractivity contribution in [1.29, 1.82) is 0 Å². The number of nitrogens with zero attached hydrogens (tertiary/aromatic N) is 2. The number of allylic oxidation sites excluding steroid dienone is 1. The number of esters is 1. The van der Waals surface area contributed by atoms with Crippen molar-refractivity contribution in [2.75, 3.05) is 0 Å². The highest BCUT2D eigenvalue weighted by Gasteiger charge is 2.67. The summed E-state index contributed by atoms with van der Waals surface area (Å²) in [7, 11) is 0. The van der Waals surface area contributed by atoms with Crippen LogP contribution in [0.1, 0.15) is 26.0 Å². The number of carbonyl (C=O) groups is 1. The van der Waals surface area contributed by atoms with Crippen molar-refractivity contribution < 1.29 is 23.4 Å². The van der Waals surface area contributed by atoms with E-state index in [1.165, 1.54) is 6.92 Å². The average molecular weight is 477 g/mol. The van der Waals surface area contributed by atoms with Gasteiger partial charge in [0.2, 0.25) is 0 Å². The molecule has 1 aromatic carbocycles. The molecule has 1 saturated carbocycles. The zero-order valence-electron chi connectivity index (χ0n) is 19.4. The Morgan fingerprint density at radius 1 is 1.03 bits per heavy atom. The van der Waals surface area contributed by atoms with E-state index >= 15 is 0 Å². The Kier molecular flexibility index (Phi) is 5.75. The number of hydrogen-bond donors (Lipinski definition) is 1. The Morgan fingerprint density at radius 3 is 2.51 bits per heavy atom. The van der Waals surface area contributed by atoms with Crippen LogP contribution in [0, 0.1) is 17.8 Å². The number of aromatic nitrogens is 2. The van der Waals surface area contributed by atoms with Crippen molar-refractivity contribution >= 4 is 12.0 Å². The number of carbonyl (C=O) groups excluding carboxylic acids is 1. The van der Waals surface area contributed by atoms with Gasteiger partial charge in [0.05, 0.1) is 17.8 Å². The van der Waals surface area contributed by atoms with Crippen LogP contribution >= 0.6 is 0 Å². The maximum Gasteiger partial charge on any atom is 0.339 e. The summed E-state index contributed by atoms with van der Waals surface area (Å²) in [6.45, 7) is 3.09. The number of benzene rings is 1. The first-order valence-corrected chi connectivity index (χ1v) is 11.7. The molecule has 7 heteroatoms. The van der Waals surface area contributed by atoms with E-state index in [-0.39, 0.29) is 0 Å². The van der Waals surface area contributed by atoms with Crippen molar-refractivity contribution in [3.8, 4) is 22.4 Å². The van der Waals surface area contributed by atoms with Crippen LogP contribution in [0.25, 0.3) is 28.5 Å². The van der Waals surface area contributed by atoms with E-state index in [1.807, 2.05) is 54.6 Å². The third-order valence-corrected chi connectivity index (χ3v) is 7.31. The first-order valence-electron chi connectivity index (χ1n) is 11.7. The van der Waals surface area contributed by atoms with Crippen LogP contribution in [-0.4, -0.2) is 38.7 Å². The molecule has 0 radical (unpaired) electrons. The number of ether oxygens (including phenoxy) is 1. The van der Waals surface area contributed by atoms with E-state index in [4.69, 9.17) is 4.74 Å². The molecular formula is C28H26F2N2O3. The van der Waals surface area contributed by atoms with Crippen LogP contribution in [0.15, 0.2) is 73.1 Å². The minimum absolute atomic E-state index is 0.585. The Hall–Kier alpha value is -3.45. The Labute approximate surface area is 202 Å². The lowest BCUT2D eigenvalue weighted by Gasteiger charge is -2.45. The van der Waals surface area contributed by atoms with Gasteiger partial charge in [-0.15, -0.1) is 0 Å². The smallest absolute Gasteiger partial charge is 0.339 e. The summed E-state index contributed by atoms with van der Waals surface area (Å²) in [6.07, 6.45) is 5.20. The molecular weight excluding hydrogens is 450 g/mol. The van der Waals surface area contributed by atoms with Crippen LogP contribution in [0.2, 0.25) is 0 Å². The molecule has 2 aliphatic rings. The number of halogens is 2. The topological polar surface area (TPSA) is 72.3 Å². The van der Waals surface area contributed by atoms with Crippen molar-refractivity contribution in [2.24, 2.45) is 17.8 Å². The van der Waals surface area contributed by atoms with Crippen molar-refractivity contribution in [1.82, 2.24) is 9.97 Å². The maximum absolute atomic E-state index is 14.8. The SMILES string of the molecule is C[C@H]1OC(=O)[C@]2(O)CC(F)(F)[C@@H](C)[C@H](/C=C/c3ccc(-c4cccnc4-c4ccccc4)cn3)[C@H]12. The summed E-state index contributed by atoms with van der Waals surface area (Å²) in [6, 6.07) is 17.4. The number of alkyl halides is 2. The minimum Gasteiger partial charge on any atom is -0.460 e. The number of aliphatic hydroxyl groups is 1. The molecule has 0 spiro atoms. The molecule has 0 bridgehead atoms. The molecule has 5 rings (SSSR count). The summed E-state index contributed by atoms with van der Waals surface area (Å²) >= 11 is 0. The first kappa shape index (κ1) is 23.3. The van der Waals surface area contributed by atoms with Crippen molar-refractivity contribution in [3.05, 3.63) is 78.8 Å². The Balaban J connectivity index is 1.43. The number of pyridine rings is 2. The summed E-state index contributed by atoms with van der Waals surface area (Å²) in [5.74, 6) is -6.73. The standard InChI is InChI=1S/C28H26F2N2O3/c1-17-22(24-18(2)35-26(33)27(24,34)16-28(17,29)30)13-12-21-11-10-20(15-32-21)23-9-6-14-31-25(23)19-7-4-3-5-8-19/h3-15,17-18,22,24,34H,16H2,1-2H3/b13-12+/t17-,18+,22-,24-,27-/m0/s1. The number of rotatable bonds is 4. The summed E-state index contributed by atoms with van der Waals surface area (Å²) in [5, 5.41) is 10.8. The number of cyclic esters (lactones) is 1. The van der Waals surface area contributed by atoms with E-state index < -0.39 is 47.8 Å². The number of fused-ring (bicyclic) bond motifs is 1. The van der Waals surface area contributed by atoms with Gasteiger partial charge in [0.25, 0.3) is 5.92 Å². The molecule has 3 heterocycles. The lowest BCUT2D eigenvalue weighted by molar-refractivity contribution is -0.193. The predicted octanol–water partition coefficient (Wildman–Crippen LogP) is 5.41. The third-order valence-electron chi connectivity index (χ3n) is 7.31. The van der Waals surface area contributed by atoms with Crippen LogP contribution in [0.3, 0.4) is 0 Å². The molecule has 3 aromatic rings. The summed E-state index contributed by atoms with van der Waals surface area (Å²) < 4.78 is 34.7. The second kappa shape index (κ2) is 8.64. The van der Waals surface area contributed by atoms with Gasteiger partial charge in [-0.25, -0.2) is 13.6 Å². The van der Waals surface area contributed by atoms with E-state index in [2.05, 4.69) is 9.97 Å². The monoisotopic (exact) mass is 476 g/mol. The lowest BCUT2D eigenvalue weighted by atomic mass is 9.62. The van der Waals surface area contributed by atoms with Crippen LogP contribution in [0.4, 0.5) is 8.78 Å². The zero-order chi connectivity index (χ0) is 24.8. The molecule has 2 fully saturated rings. The second-order valence-corrected chi connectivity index (χ2v) is 9.46. The van der Waals surface area contributed by atoms with Gasteiger partial charge in [-0.2, -0.15) is 0 Å². The third kappa shape index (κ3) is 4.04. The zero-order valence-corrected chi connectivity index (χ0v) is 19.4. The van der Waals surface area contributed by atoms with Crippen molar-refractivity contribution in [3.63, 3.8) is 0 Å². The van der Waals surface area contributed by atoms with E-state index in [1.54, 1.807) is 31.5 Å². The molecule has 5 nitrogen and oxygen atoms in total. The van der Waals surface area contributed by atoms with Gasteiger partial charge in [-0.3, -0.25) is 9.97 Å². The fourth-order valence-corrected chi connectivity index (χ4v) is 5.43. The molecule has 35 heavy (non-hydrogen) atoms.